The standard InChI is InChI=1S/C13H19N3O2/c1-2-12(17)15-10-5-7-11(8-6-10)16-13(18)4-3-9-14/h5-8H,2-4,9,14H2,1H3,(H,15,17)(H,16,18). The van der Waals surface area contributed by atoms with E-state index in [-0.39, 0.29) is 11.8 Å². The van der Waals surface area contributed by atoms with Crippen LogP contribution in [0.1, 0.15) is 26.2 Å². The van der Waals surface area contributed by atoms with Crippen LogP contribution in [-0.2, 0) is 9.59 Å². The summed E-state index contributed by atoms with van der Waals surface area (Å²) >= 11 is 0. The maximum absolute atomic E-state index is 11.4. The number of carbonyl (C=O) groups is 2. The number of hydrogen-bond acceptors (Lipinski definition) is 3. The van der Waals surface area contributed by atoms with Crippen molar-refractivity contribution in [3.8, 4) is 0 Å². The van der Waals surface area contributed by atoms with E-state index >= 15 is 0 Å². The molecule has 18 heavy (non-hydrogen) atoms. The molecule has 0 aliphatic heterocycles. The lowest BCUT2D eigenvalue weighted by Crippen LogP contribution is -2.13. The Morgan fingerprint density at radius 2 is 1.56 bits per heavy atom. The average molecular weight is 249 g/mol. The predicted octanol–water partition coefficient (Wildman–Crippen LogP) is 1.71. The molecule has 1 rings (SSSR count). The molecule has 1 aromatic carbocycles. The minimum absolute atomic E-state index is 0.0327. The smallest absolute Gasteiger partial charge is 0.224 e. The number of rotatable bonds is 6. The first-order valence-corrected chi connectivity index (χ1v) is 6.05. The number of anilines is 2. The minimum Gasteiger partial charge on any atom is -0.330 e. The molecular formula is C13H19N3O2. The van der Waals surface area contributed by atoms with Crippen LogP contribution in [0.4, 0.5) is 11.4 Å². The maximum Gasteiger partial charge on any atom is 0.224 e. The van der Waals surface area contributed by atoms with E-state index in [2.05, 4.69) is 10.6 Å². The fourth-order valence-corrected chi connectivity index (χ4v) is 1.37. The summed E-state index contributed by atoms with van der Waals surface area (Å²) in [5.41, 5.74) is 6.77. The van der Waals surface area contributed by atoms with Crippen LogP contribution >= 0.6 is 0 Å². The fourth-order valence-electron chi connectivity index (χ4n) is 1.37. The van der Waals surface area contributed by atoms with Gasteiger partial charge in [0.15, 0.2) is 0 Å². The first-order chi connectivity index (χ1) is 8.65. The quantitative estimate of drug-likeness (QED) is 0.717. The van der Waals surface area contributed by atoms with Crippen molar-refractivity contribution in [3.63, 3.8) is 0 Å². The van der Waals surface area contributed by atoms with E-state index in [1.54, 1.807) is 31.2 Å². The van der Waals surface area contributed by atoms with Crippen molar-refractivity contribution < 1.29 is 9.59 Å². The largest absolute Gasteiger partial charge is 0.330 e. The monoisotopic (exact) mass is 249 g/mol. The highest BCUT2D eigenvalue weighted by Crippen LogP contribution is 2.14. The van der Waals surface area contributed by atoms with Gasteiger partial charge >= 0.3 is 0 Å². The molecule has 0 saturated heterocycles. The molecule has 0 fully saturated rings. The van der Waals surface area contributed by atoms with Crippen LogP contribution < -0.4 is 16.4 Å². The summed E-state index contributed by atoms with van der Waals surface area (Å²) in [4.78, 5) is 22.6. The van der Waals surface area contributed by atoms with Crippen molar-refractivity contribution in [1.82, 2.24) is 0 Å². The van der Waals surface area contributed by atoms with Gasteiger partial charge in [0.2, 0.25) is 11.8 Å². The van der Waals surface area contributed by atoms with Crippen molar-refractivity contribution in [3.05, 3.63) is 24.3 Å². The Morgan fingerprint density at radius 3 is 2.00 bits per heavy atom. The number of amides is 2. The Balaban J connectivity index is 2.49. The lowest BCUT2D eigenvalue weighted by atomic mass is 10.2. The Bertz CT molecular complexity index is 401. The van der Waals surface area contributed by atoms with Crippen molar-refractivity contribution >= 4 is 23.2 Å². The first kappa shape index (κ1) is 14.2. The summed E-state index contributed by atoms with van der Waals surface area (Å²) in [6, 6.07) is 7.02. The summed E-state index contributed by atoms with van der Waals surface area (Å²) in [6.07, 6.45) is 1.54. The van der Waals surface area contributed by atoms with Crippen molar-refractivity contribution in [1.29, 1.82) is 0 Å². The van der Waals surface area contributed by atoms with E-state index in [0.29, 0.717) is 31.5 Å². The molecule has 98 valence electrons. The lowest BCUT2D eigenvalue weighted by Gasteiger charge is -2.07. The SMILES string of the molecule is CCC(=O)Nc1ccc(NC(=O)CCCN)cc1. The lowest BCUT2D eigenvalue weighted by molar-refractivity contribution is -0.116. The van der Waals surface area contributed by atoms with Gasteiger partial charge in [0, 0.05) is 24.2 Å². The second-order valence-electron chi connectivity index (χ2n) is 3.92. The summed E-state index contributed by atoms with van der Waals surface area (Å²) in [5.74, 6) is -0.0828. The number of nitrogens with one attached hydrogen (secondary N) is 2. The zero-order valence-corrected chi connectivity index (χ0v) is 10.5. The Hall–Kier alpha value is -1.88. The molecular weight excluding hydrogens is 230 g/mol. The van der Waals surface area contributed by atoms with Crippen LogP contribution in [0.25, 0.3) is 0 Å². The number of nitrogens with two attached hydrogens (primary N) is 1. The van der Waals surface area contributed by atoms with Crippen LogP contribution in [0.5, 0.6) is 0 Å². The van der Waals surface area contributed by atoms with Crippen LogP contribution in [0, 0.1) is 0 Å². The minimum atomic E-state index is -0.0502. The fraction of sp³-hybridized carbons (Fsp3) is 0.385. The van der Waals surface area contributed by atoms with E-state index < -0.39 is 0 Å². The molecule has 4 N–H and O–H groups in total. The molecule has 0 aromatic heterocycles. The predicted molar refractivity (Wildman–Crippen MR) is 72.3 cm³/mol. The zero-order chi connectivity index (χ0) is 13.4. The van der Waals surface area contributed by atoms with Crippen LogP contribution in [0.3, 0.4) is 0 Å². The second kappa shape index (κ2) is 7.45. The topological polar surface area (TPSA) is 84.2 Å². The third kappa shape index (κ3) is 4.97. The van der Waals surface area contributed by atoms with Gasteiger partial charge in [-0.1, -0.05) is 6.92 Å². The van der Waals surface area contributed by atoms with Gasteiger partial charge in [-0.15, -0.1) is 0 Å². The molecule has 0 atom stereocenters. The highest BCUT2D eigenvalue weighted by Gasteiger charge is 2.02. The molecule has 2 amide bonds. The van der Waals surface area contributed by atoms with Gasteiger partial charge in [-0.2, -0.15) is 0 Å². The first-order valence-electron chi connectivity index (χ1n) is 6.05. The van der Waals surface area contributed by atoms with Crippen LogP contribution in [-0.4, -0.2) is 18.4 Å². The Labute approximate surface area is 107 Å². The molecule has 0 unspecified atom stereocenters. The normalized spacial score (nSPS) is 9.89. The van der Waals surface area contributed by atoms with Crippen LogP contribution in [0.2, 0.25) is 0 Å². The van der Waals surface area contributed by atoms with E-state index in [9.17, 15) is 9.59 Å². The van der Waals surface area contributed by atoms with Gasteiger partial charge in [-0.05, 0) is 37.2 Å². The third-order valence-electron chi connectivity index (χ3n) is 2.38. The van der Waals surface area contributed by atoms with Gasteiger partial charge < -0.3 is 16.4 Å². The van der Waals surface area contributed by atoms with Crippen molar-refractivity contribution in [2.45, 2.75) is 26.2 Å². The van der Waals surface area contributed by atoms with Gasteiger partial charge in [-0.25, -0.2) is 0 Å². The molecule has 0 bridgehead atoms. The molecule has 0 saturated carbocycles. The highest BCUT2D eigenvalue weighted by atomic mass is 16.2. The molecule has 0 aliphatic rings. The summed E-state index contributed by atoms with van der Waals surface area (Å²) in [5, 5.41) is 5.50. The molecule has 0 heterocycles. The third-order valence-corrected chi connectivity index (χ3v) is 2.38. The van der Waals surface area contributed by atoms with Crippen molar-refractivity contribution in [2.24, 2.45) is 5.73 Å². The summed E-state index contributed by atoms with van der Waals surface area (Å²) in [6.45, 7) is 2.30. The van der Waals surface area contributed by atoms with E-state index in [4.69, 9.17) is 5.73 Å². The molecule has 0 spiro atoms. The maximum atomic E-state index is 11.4. The van der Waals surface area contributed by atoms with E-state index in [0.717, 1.165) is 5.69 Å². The summed E-state index contributed by atoms with van der Waals surface area (Å²) in [7, 11) is 0. The average Bonchev–Trinajstić information content (AvgIpc) is 2.38. The highest BCUT2D eigenvalue weighted by molar-refractivity contribution is 5.92. The summed E-state index contributed by atoms with van der Waals surface area (Å²) < 4.78 is 0. The van der Waals surface area contributed by atoms with Crippen molar-refractivity contribution in [2.75, 3.05) is 17.2 Å². The second-order valence-corrected chi connectivity index (χ2v) is 3.92. The Kier molecular flexibility index (Phi) is 5.87. The van der Waals surface area contributed by atoms with E-state index in [1.807, 2.05) is 0 Å². The van der Waals surface area contributed by atoms with Gasteiger partial charge in [0.05, 0.1) is 0 Å². The number of carbonyl (C=O) groups excluding carboxylic acids is 2. The molecule has 1 aromatic rings. The van der Waals surface area contributed by atoms with E-state index in [1.165, 1.54) is 0 Å². The molecule has 0 aliphatic carbocycles. The zero-order valence-electron chi connectivity index (χ0n) is 10.5. The number of benzene rings is 1. The Morgan fingerprint density at radius 1 is 1.06 bits per heavy atom. The molecule has 5 heteroatoms. The number of hydrogen-bond donors (Lipinski definition) is 3. The van der Waals surface area contributed by atoms with Gasteiger partial charge in [-0.3, -0.25) is 9.59 Å². The molecule has 0 radical (unpaired) electrons. The molecule has 5 nitrogen and oxygen atoms in total. The van der Waals surface area contributed by atoms with Gasteiger partial charge in [0.25, 0.3) is 0 Å². The van der Waals surface area contributed by atoms with Gasteiger partial charge in [0.1, 0.15) is 0 Å². The van der Waals surface area contributed by atoms with Crippen LogP contribution in [0.15, 0.2) is 24.3 Å².